The van der Waals surface area contributed by atoms with Crippen molar-refractivity contribution in [2.75, 3.05) is 13.1 Å². The second-order valence-corrected chi connectivity index (χ2v) is 7.40. The highest BCUT2D eigenvalue weighted by molar-refractivity contribution is 4.88. The molecule has 1 N–H and O–H groups in total. The van der Waals surface area contributed by atoms with Crippen LogP contribution in [0.2, 0.25) is 0 Å². The highest BCUT2D eigenvalue weighted by atomic mass is 15.2. The van der Waals surface area contributed by atoms with E-state index in [4.69, 9.17) is 0 Å². The minimum absolute atomic E-state index is 0.685. The summed E-state index contributed by atoms with van der Waals surface area (Å²) < 4.78 is 0. The lowest BCUT2D eigenvalue weighted by molar-refractivity contribution is 0.0558. The first-order chi connectivity index (χ1) is 9.08. The Hall–Kier alpha value is -0.0800. The zero-order valence-electron chi connectivity index (χ0n) is 13.5. The Labute approximate surface area is 120 Å². The van der Waals surface area contributed by atoms with Gasteiger partial charge in [-0.05, 0) is 64.3 Å². The van der Waals surface area contributed by atoms with Crippen LogP contribution in [0.1, 0.15) is 66.2 Å². The zero-order valence-corrected chi connectivity index (χ0v) is 13.5. The molecule has 0 aromatic heterocycles. The van der Waals surface area contributed by atoms with E-state index >= 15 is 0 Å². The van der Waals surface area contributed by atoms with E-state index in [0.29, 0.717) is 6.04 Å². The van der Waals surface area contributed by atoms with E-state index in [1.807, 2.05) is 0 Å². The van der Waals surface area contributed by atoms with Crippen molar-refractivity contribution in [3.05, 3.63) is 0 Å². The number of nitrogens with one attached hydrogen (secondary N) is 1. The van der Waals surface area contributed by atoms with Gasteiger partial charge in [-0.2, -0.15) is 0 Å². The van der Waals surface area contributed by atoms with Crippen LogP contribution in [0.5, 0.6) is 0 Å². The molecule has 19 heavy (non-hydrogen) atoms. The molecule has 4 atom stereocenters. The fourth-order valence-electron chi connectivity index (χ4n) is 4.21. The molecule has 1 aliphatic heterocycles. The van der Waals surface area contributed by atoms with E-state index in [-0.39, 0.29) is 0 Å². The van der Waals surface area contributed by atoms with Crippen LogP contribution < -0.4 is 5.32 Å². The van der Waals surface area contributed by atoms with Gasteiger partial charge >= 0.3 is 0 Å². The highest BCUT2D eigenvalue weighted by Gasteiger charge is 2.32. The lowest BCUT2D eigenvalue weighted by atomic mass is 9.78. The van der Waals surface area contributed by atoms with Gasteiger partial charge in [0.2, 0.25) is 0 Å². The average molecular weight is 266 g/mol. The summed E-state index contributed by atoms with van der Waals surface area (Å²) in [6, 6.07) is 2.24. The first-order valence-corrected chi connectivity index (χ1v) is 8.57. The summed E-state index contributed by atoms with van der Waals surface area (Å²) in [5.41, 5.74) is 0. The summed E-state index contributed by atoms with van der Waals surface area (Å²) in [5, 5.41) is 3.73. The van der Waals surface area contributed by atoms with Crippen LogP contribution in [0.4, 0.5) is 0 Å². The van der Waals surface area contributed by atoms with Gasteiger partial charge in [0.25, 0.3) is 0 Å². The van der Waals surface area contributed by atoms with Crippen LogP contribution in [-0.2, 0) is 0 Å². The molecule has 0 radical (unpaired) electrons. The smallest absolute Gasteiger partial charge is 0.0195 e. The fraction of sp³-hybridized carbons (Fsp3) is 1.00. The molecule has 0 aromatic rings. The van der Waals surface area contributed by atoms with Gasteiger partial charge in [-0.1, -0.05) is 20.3 Å². The van der Waals surface area contributed by atoms with Crippen LogP contribution in [0.3, 0.4) is 0 Å². The third kappa shape index (κ3) is 4.19. The minimum Gasteiger partial charge on any atom is -0.313 e. The molecule has 4 unspecified atom stereocenters. The molecule has 2 rings (SSSR count). The van der Waals surface area contributed by atoms with E-state index in [1.165, 1.54) is 51.6 Å². The van der Waals surface area contributed by atoms with Crippen LogP contribution in [0, 0.1) is 11.8 Å². The molecule has 0 aromatic carbocycles. The monoisotopic (exact) mass is 266 g/mol. The van der Waals surface area contributed by atoms with Crippen molar-refractivity contribution < 1.29 is 0 Å². The standard InChI is InChI=1S/C17H34N2/c1-13(2)19(12-16-7-5-6-10-18-16)17-9-8-14(3)11-15(17)4/h13-18H,5-12H2,1-4H3. The van der Waals surface area contributed by atoms with Gasteiger partial charge in [0.15, 0.2) is 0 Å². The van der Waals surface area contributed by atoms with Crippen molar-refractivity contribution in [2.24, 2.45) is 11.8 Å². The predicted octanol–water partition coefficient (Wildman–Crippen LogP) is 3.66. The predicted molar refractivity (Wildman–Crippen MR) is 83.5 cm³/mol. The Kier molecular flexibility index (Phi) is 5.70. The maximum Gasteiger partial charge on any atom is 0.0195 e. The second-order valence-electron chi connectivity index (χ2n) is 7.40. The van der Waals surface area contributed by atoms with Gasteiger partial charge in [-0.25, -0.2) is 0 Å². The largest absolute Gasteiger partial charge is 0.313 e. The molecular weight excluding hydrogens is 232 g/mol. The van der Waals surface area contributed by atoms with Gasteiger partial charge in [0, 0.05) is 24.7 Å². The molecule has 1 saturated heterocycles. The normalized spacial score (nSPS) is 36.9. The molecule has 0 spiro atoms. The molecular formula is C17H34N2. The van der Waals surface area contributed by atoms with Gasteiger partial charge < -0.3 is 5.32 Å². The number of piperidine rings is 1. The summed E-state index contributed by atoms with van der Waals surface area (Å²) in [5.74, 6) is 1.81. The summed E-state index contributed by atoms with van der Waals surface area (Å²) in [6.45, 7) is 12.2. The van der Waals surface area contributed by atoms with Crippen molar-refractivity contribution >= 4 is 0 Å². The van der Waals surface area contributed by atoms with Crippen molar-refractivity contribution in [1.29, 1.82) is 0 Å². The molecule has 2 aliphatic rings. The maximum atomic E-state index is 3.73. The molecule has 0 bridgehead atoms. The highest BCUT2D eigenvalue weighted by Crippen LogP contribution is 2.33. The lowest BCUT2D eigenvalue weighted by Crippen LogP contribution is -2.52. The molecule has 2 nitrogen and oxygen atoms in total. The van der Waals surface area contributed by atoms with Crippen LogP contribution in [-0.4, -0.2) is 36.1 Å². The number of hydrogen-bond acceptors (Lipinski definition) is 2. The number of hydrogen-bond donors (Lipinski definition) is 1. The Morgan fingerprint density at radius 1 is 1.11 bits per heavy atom. The van der Waals surface area contributed by atoms with E-state index in [9.17, 15) is 0 Å². The third-order valence-electron chi connectivity index (χ3n) is 5.32. The lowest BCUT2D eigenvalue weighted by Gasteiger charge is -2.44. The number of nitrogens with zero attached hydrogens (tertiary/aromatic N) is 1. The van der Waals surface area contributed by atoms with Gasteiger partial charge in [-0.15, -0.1) is 0 Å². The molecule has 1 heterocycles. The topological polar surface area (TPSA) is 15.3 Å². The SMILES string of the molecule is CC1CCC(N(CC2CCCCN2)C(C)C)C(C)C1. The quantitative estimate of drug-likeness (QED) is 0.835. The van der Waals surface area contributed by atoms with E-state index in [0.717, 1.165) is 23.9 Å². The molecule has 2 fully saturated rings. The fourth-order valence-corrected chi connectivity index (χ4v) is 4.21. The minimum atomic E-state index is 0.685. The summed E-state index contributed by atoms with van der Waals surface area (Å²) in [6.07, 6.45) is 8.42. The molecule has 0 amide bonds. The molecule has 2 heteroatoms. The first-order valence-electron chi connectivity index (χ1n) is 8.57. The van der Waals surface area contributed by atoms with Crippen LogP contribution in [0.15, 0.2) is 0 Å². The van der Waals surface area contributed by atoms with Crippen LogP contribution in [0.25, 0.3) is 0 Å². The Morgan fingerprint density at radius 3 is 2.47 bits per heavy atom. The van der Waals surface area contributed by atoms with Crippen LogP contribution >= 0.6 is 0 Å². The Morgan fingerprint density at radius 2 is 1.89 bits per heavy atom. The van der Waals surface area contributed by atoms with Gasteiger partial charge in [-0.3, -0.25) is 4.90 Å². The molecule has 112 valence electrons. The third-order valence-corrected chi connectivity index (χ3v) is 5.32. The first kappa shape index (κ1) is 15.3. The maximum absolute atomic E-state index is 3.73. The Bertz CT molecular complexity index is 258. The van der Waals surface area contributed by atoms with Crippen molar-refractivity contribution in [3.63, 3.8) is 0 Å². The average Bonchev–Trinajstić information content (AvgIpc) is 2.38. The van der Waals surface area contributed by atoms with Gasteiger partial charge in [0.1, 0.15) is 0 Å². The van der Waals surface area contributed by atoms with Crippen molar-refractivity contribution in [3.8, 4) is 0 Å². The summed E-state index contributed by atoms with van der Waals surface area (Å²) in [4.78, 5) is 2.81. The summed E-state index contributed by atoms with van der Waals surface area (Å²) in [7, 11) is 0. The Balaban J connectivity index is 1.94. The van der Waals surface area contributed by atoms with Crippen molar-refractivity contribution in [2.45, 2.75) is 84.3 Å². The summed E-state index contributed by atoms with van der Waals surface area (Å²) >= 11 is 0. The van der Waals surface area contributed by atoms with E-state index in [1.54, 1.807) is 0 Å². The van der Waals surface area contributed by atoms with E-state index < -0.39 is 0 Å². The number of rotatable bonds is 4. The van der Waals surface area contributed by atoms with Crippen molar-refractivity contribution in [1.82, 2.24) is 10.2 Å². The zero-order chi connectivity index (χ0) is 13.8. The molecule has 1 saturated carbocycles. The van der Waals surface area contributed by atoms with Gasteiger partial charge in [0.05, 0.1) is 0 Å². The molecule has 1 aliphatic carbocycles. The van der Waals surface area contributed by atoms with E-state index in [2.05, 4.69) is 37.9 Å². The second kappa shape index (κ2) is 7.08.